The van der Waals surface area contributed by atoms with Crippen LogP contribution in [0.15, 0.2) is 24.3 Å². The molecular weight excluding hydrogens is 335 g/mol. The lowest BCUT2D eigenvalue weighted by molar-refractivity contribution is -0.138. The number of hydrogen-bond acceptors (Lipinski definition) is 3. The normalized spacial score (nSPS) is 16.7. The van der Waals surface area contributed by atoms with Crippen molar-refractivity contribution in [1.82, 2.24) is 15.1 Å². The molecule has 1 N–H and O–H groups in total. The molecule has 1 aliphatic rings. The van der Waals surface area contributed by atoms with E-state index >= 15 is 0 Å². The molecule has 1 saturated heterocycles. The topological polar surface area (TPSA) is 52.7 Å². The van der Waals surface area contributed by atoms with Gasteiger partial charge in [-0.3, -0.25) is 9.59 Å². The van der Waals surface area contributed by atoms with Crippen LogP contribution in [0.4, 0.5) is 13.2 Å². The Morgan fingerprint density at radius 3 is 2.32 bits per heavy atom. The SMILES string of the molecule is CNCC(C)C(=O)N1CCN(C(=O)c2cccc(C(F)(F)F)c2)CC1. The van der Waals surface area contributed by atoms with E-state index < -0.39 is 17.6 Å². The zero-order valence-corrected chi connectivity index (χ0v) is 14.3. The first-order valence-corrected chi connectivity index (χ1v) is 8.14. The van der Waals surface area contributed by atoms with E-state index in [4.69, 9.17) is 0 Å². The summed E-state index contributed by atoms with van der Waals surface area (Å²) in [6, 6.07) is 4.42. The largest absolute Gasteiger partial charge is 0.416 e. The number of halogens is 3. The molecule has 1 fully saturated rings. The molecule has 5 nitrogen and oxygen atoms in total. The third kappa shape index (κ3) is 4.72. The van der Waals surface area contributed by atoms with Gasteiger partial charge in [0.1, 0.15) is 0 Å². The van der Waals surface area contributed by atoms with Crippen LogP contribution in [-0.2, 0) is 11.0 Å². The summed E-state index contributed by atoms with van der Waals surface area (Å²) in [7, 11) is 1.77. The van der Waals surface area contributed by atoms with Crippen molar-refractivity contribution < 1.29 is 22.8 Å². The number of hydrogen-bond donors (Lipinski definition) is 1. The molecule has 1 aliphatic heterocycles. The number of amides is 2. The maximum absolute atomic E-state index is 12.8. The second-order valence-corrected chi connectivity index (χ2v) is 6.15. The molecule has 0 saturated carbocycles. The first-order valence-electron chi connectivity index (χ1n) is 8.14. The first-order chi connectivity index (χ1) is 11.7. The number of benzene rings is 1. The lowest BCUT2D eigenvalue weighted by atomic mass is 10.1. The van der Waals surface area contributed by atoms with Gasteiger partial charge < -0.3 is 15.1 Å². The first kappa shape index (κ1) is 19.2. The maximum Gasteiger partial charge on any atom is 0.416 e. The van der Waals surface area contributed by atoms with Gasteiger partial charge >= 0.3 is 6.18 Å². The molecule has 0 aliphatic carbocycles. The van der Waals surface area contributed by atoms with E-state index in [1.807, 2.05) is 6.92 Å². The Labute approximate surface area is 144 Å². The number of nitrogens with one attached hydrogen (secondary N) is 1. The van der Waals surface area contributed by atoms with Crippen molar-refractivity contribution in [3.05, 3.63) is 35.4 Å². The molecule has 0 radical (unpaired) electrons. The van der Waals surface area contributed by atoms with Crippen molar-refractivity contribution in [3.63, 3.8) is 0 Å². The molecule has 8 heteroatoms. The molecule has 1 aromatic carbocycles. The number of rotatable bonds is 4. The highest BCUT2D eigenvalue weighted by Crippen LogP contribution is 2.29. The van der Waals surface area contributed by atoms with Gasteiger partial charge in [-0.15, -0.1) is 0 Å². The summed E-state index contributed by atoms with van der Waals surface area (Å²) in [6.07, 6.45) is -4.48. The molecule has 2 amide bonds. The average molecular weight is 357 g/mol. The Balaban J connectivity index is 1.99. The second-order valence-electron chi connectivity index (χ2n) is 6.15. The second kappa shape index (κ2) is 7.86. The molecule has 0 spiro atoms. The summed E-state index contributed by atoms with van der Waals surface area (Å²) >= 11 is 0. The highest BCUT2D eigenvalue weighted by Gasteiger charge is 2.32. The Morgan fingerprint density at radius 2 is 1.76 bits per heavy atom. The molecule has 1 atom stereocenters. The quantitative estimate of drug-likeness (QED) is 0.895. The van der Waals surface area contributed by atoms with Crippen LogP contribution in [0, 0.1) is 5.92 Å². The number of carbonyl (C=O) groups excluding carboxylic acids is 2. The fraction of sp³-hybridized carbons (Fsp3) is 0.529. The van der Waals surface area contributed by atoms with Crippen LogP contribution < -0.4 is 5.32 Å². The highest BCUT2D eigenvalue weighted by molar-refractivity contribution is 5.94. The van der Waals surface area contributed by atoms with Gasteiger partial charge in [0.2, 0.25) is 5.91 Å². The summed E-state index contributed by atoms with van der Waals surface area (Å²) in [5, 5.41) is 2.95. The van der Waals surface area contributed by atoms with Crippen molar-refractivity contribution in [2.75, 3.05) is 39.8 Å². The fourth-order valence-electron chi connectivity index (χ4n) is 2.85. The summed E-state index contributed by atoms with van der Waals surface area (Å²) in [4.78, 5) is 27.9. The standard InChI is InChI=1S/C17H22F3N3O2/c1-12(11-21-2)15(24)22-6-8-23(9-7-22)16(25)13-4-3-5-14(10-13)17(18,19)20/h3-5,10,12,21H,6-9,11H2,1-2H3. The number of carbonyl (C=O) groups is 2. The van der Waals surface area contributed by atoms with Crippen molar-refractivity contribution in [2.45, 2.75) is 13.1 Å². The lowest BCUT2D eigenvalue weighted by Gasteiger charge is -2.36. The average Bonchev–Trinajstić information content (AvgIpc) is 2.60. The van der Waals surface area contributed by atoms with Gasteiger partial charge in [-0.2, -0.15) is 13.2 Å². The van der Waals surface area contributed by atoms with Crippen LogP contribution in [0.25, 0.3) is 0 Å². The van der Waals surface area contributed by atoms with Crippen LogP contribution >= 0.6 is 0 Å². The minimum Gasteiger partial charge on any atom is -0.339 e. The zero-order valence-electron chi connectivity index (χ0n) is 14.3. The lowest BCUT2D eigenvalue weighted by Crippen LogP contribution is -2.52. The van der Waals surface area contributed by atoms with Crippen molar-refractivity contribution in [3.8, 4) is 0 Å². The molecule has 138 valence electrons. The molecule has 2 rings (SSSR count). The van der Waals surface area contributed by atoms with Crippen LogP contribution in [-0.4, -0.2) is 61.4 Å². The van der Waals surface area contributed by atoms with E-state index in [-0.39, 0.29) is 17.4 Å². The Bertz CT molecular complexity index is 626. The van der Waals surface area contributed by atoms with Gasteiger partial charge in [0.15, 0.2) is 0 Å². The van der Waals surface area contributed by atoms with Crippen LogP contribution in [0.2, 0.25) is 0 Å². The minimum atomic E-state index is -4.48. The van der Waals surface area contributed by atoms with Gasteiger partial charge in [0.05, 0.1) is 5.56 Å². The van der Waals surface area contributed by atoms with Crippen LogP contribution in [0.5, 0.6) is 0 Å². The fourth-order valence-corrected chi connectivity index (χ4v) is 2.85. The smallest absolute Gasteiger partial charge is 0.339 e. The molecule has 1 heterocycles. The minimum absolute atomic E-state index is 0.0122. The van der Waals surface area contributed by atoms with E-state index in [0.717, 1.165) is 12.1 Å². The number of alkyl halides is 3. The molecular formula is C17H22F3N3O2. The molecule has 0 aromatic heterocycles. The van der Waals surface area contributed by atoms with Crippen LogP contribution in [0.3, 0.4) is 0 Å². The van der Waals surface area contributed by atoms with Crippen molar-refractivity contribution in [2.24, 2.45) is 5.92 Å². The summed E-state index contributed by atoms with van der Waals surface area (Å²) in [5.74, 6) is -0.585. The van der Waals surface area contributed by atoms with E-state index in [9.17, 15) is 22.8 Å². The summed E-state index contributed by atoms with van der Waals surface area (Å²) < 4.78 is 38.3. The van der Waals surface area contributed by atoms with Gasteiger partial charge in [0.25, 0.3) is 5.91 Å². The predicted molar refractivity (Wildman–Crippen MR) is 87.0 cm³/mol. The van der Waals surface area contributed by atoms with E-state index in [2.05, 4.69) is 5.32 Å². The number of piperazine rings is 1. The molecule has 1 unspecified atom stereocenters. The van der Waals surface area contributed by atoms with Crippen molar-refractivity contribution >= 4 is 11.8 Å². The Morgan fingerprint density at radius 1 is 1.16 bits per heavy atom. The molecule has 0 bridgehead atoms. The van der Waals surface area contributed by atoms with E-state index in [1.165, 1.54) is 17.0 Å². The number of nitrogens with zero attached hydrogens (tertiary/aromatic N) is 2. The third-order valence-electron chi connectivity index (χ3n) is 4.25. The van der Waals surface area contributed by atoms with Crippen LogP contribution in [0.1, 0.15) is 22.8 Å². The monoisotopic (exact) mass is 357 g/mol. The van der Waals surface area contributed by atoms with Gasteiger partial charge in [-0.05, 0) is 25.2 Å². The Kier molecular flexibility index (Phi) is 6.05. The van der Waals surface area contributed by atoms with Crippen molar-refractivity contribution in [1.29, 1.82) is 0 Å². The van der Waals surface area contributed by atoms with Gasteiger partial charge in [-0.25, -0.2) is 0 Å². The predicted octanol–water partition coefficient (Wildman–Crippen LogP) is 1.85. The highest BCUT2D eigenvalue weighted by atomic mass is 19.4. The van der Waals surface area contributed by atoms with Gasteiger partial charge in [-0.1, -0.05) is 13.0 Å². The molecule has 1 aromatic rings. The van der Waals surface area contributed by atoms with E-state index in [0.29, 0.717) is 32.7 Å². The van der Waals surface area contributed by atoms with E-state index in [1.54, 1.807) is 11.9 Å². The molecule has 25 heavy (non-hydrogen) atoms. The Hall–Kier alpha value is -2.09. The third-order valence-corrected chi connectivity index (χ3v) is 4.25. The summed E-state index contributed by atoms with van der Waals surface area (Å²) in [5.41, 5.74) is -0.828. The summed E-state index contributed by atoms with van der Waals surface area (Å²) in [6.45, 7) is 3.80. The van der Waals surface area contributed by atoms with Gasteiger partial charge in [0, 0.05) is 44.2 Å². The zero-order chi connectivity index (χ0) is 18.6. The maximum atomic E-state index is 12.8.